The summed E-state index contributed by atoms with van der Waals surface area (Å²) in [6, 6.07) is 4.13. The SMILES string of the molecule is CCCCC(C)Nc1ccc(N)c(OCC)n1. The molecule has 0 saturated carbocycles. The molecule has 3 N–H and O–H groups in total. The quantitative estimate of drug-likeness (QED) is 0.765. The van der Waals surface area contributed by atoms with Crippen LogP contribution in [0.2, 0.25) is 0 Å². The number of hydrogen-bond acceptors (Lipinski definition) is 4. The summed E-state index contributed by atoms with van der Waals surface area (Å²) in [5.74, 6) is 1.34. The van der Waals surface area contributed by atoms with E-state index in [1.807, 2.05) is 19.1 Å². The van der Waals surface area contributed by atoms with Gasteiger partial charge in [0.15, 0.2) is 0 Å². The molecule has 1 unspecified atom stereocenters. The normalized spacial score (nSPS) is 12.2. The van der Waals surface area contributed by atoms with Crippen LogP contribution >= 0.6 is 0 Å². The number of nitrogens with two attached hydrogens (primary N) is 1. The number of ether oxygens (including phenoxy) is 1. The van der Waals surface area contributed by atoms with Crippen LogP contribution < -0.4 is 15.8 Å². The van der Waals surface area contributed by atoms with Crippen molar-refractivity contribution in [1.29, 1.82) is 0 Å². The minimum Gasteiger partial charge on any atom is -0.476 e. The Morgan fingerprint density at radius 2 is 2.18 bits per heavy atom. The Bertz CT molecular complexity index is 341. The molecular weight excluding hydrogens is 214 g/mol. The van der Waals surface area contributed by atoms with Gasteiger partial charge in [0.25, 0.3) is 0 Å². The van der Waals surface area contributed by atoms with Crippen molar-refractivity contribution in [1.82, 2.24) is 4.98 Å². The molecule has 0 aliphatic heterocycles. The van der Waals surface area contributed by atoms with Gasteiger partial charge in [-0.25, -0.2) is 0 Å². The highest BCUT2D eigenvalue weighted by atomic mass is 16.5. The predicted molar refractivity (Wildman–Crippen MR) is 72.4 cm³/mol. The van der Waals surface area contributed by atoms with Crippen LogP contribution in [0.25, 0.3) is 0 Å². The molecule has 0 bridgehead atoms. The van der Waals surface area contributed by atoms with Crippen molar-refractivity contribution in [2.24, 2.45) is 0 Å². The third-order valence-electron chi connectivity index (χ3n) is 2.56. The van der Waals surface area contributed by atoms with E-state index in [-0.39, 0.29) is 0 Å². The molecule has 0 radical (unpaired) electrons. The second kappa shape index (κ2) is 6.99. The van der Waals surface area contributed by atoms with E-state index in [0.29, 0.717) is 24.2 Å². The summed E-state index contributed by atoms with van der Waals surface area (Å²) in [4.78, 5) is 4.35. The summed E-state index contributed by atoms with van der Waals surface area (Å²) >= 11 is 0. The molecule has 0 aromatic carbocycles. The number of unbranched alkanes of at least 4 members (excludes halogenated alkanes) is 1. The zero-order chi connectivity index (χ0) is 12.7. The van der Waals surface area contributed by atoms with Gasteiger partial charge in [-0.05, 0) is 32.4 Å². The monoisotopic (exact) mass is 237 g/mol. The average molecular weight is 237 g/mol. The van der Waals surface area contributed by atoms with Gasteiger partial charge in [0.1, 0.15) is 5.82 Å². The molecule has 0 amide bonds. The first kappa shape index (κ1) is 13.6. The minimum atomic E-state index is 0.417. The number of nitrogen functional groups attached to an aromatic ring is 1. The molecule has 1 aromatic heterocycles. The number of aromatic nitrogens is 1. The number of nitrogens with zero attached hydrogens (tertiary/aromatic N) is 1. The molecule has 1 rings (SSSR count). The smallest absolute Gasteiger partial charge is 0.239 e. The topological polar surface area (TPSA) is 60.2 Å². The van der Waals surface area contributed by atoms with Crippen LogP contribution in [-0.2, 0) is 0 Å². The zero-order valence-electron chi connectivity index (χ0n) is 11.0. The average Bonchev–Trinajstić information content (AvgIpc) is 2.31. The van der Waals surface area contributed by atoms with E-state index >= 15 is 0 Å². The van der Waals surface area contributed by atoms with Crippen LogP contribution in [0.3, 0.4) is 0 Å². The lowest BCUT2D eigenvalue weighted by Gasteiger charge is -2.15. The Hall–Kier alpha value is -1.45. The first-order valence-electron chi connectivity index (χ1n) is 6.33. The third kappa shape index (κ3) is 4.51. The minimum absolute atomic E-state index is 0.417. The highest BCUT2D eigenvalue weighted by Crippen LogP contribution is 2.21. The van der Waals surface area contributed by atoms with Crippen molar-refractivity contribution in [3.05, 3.63) is 12.1 Å². The van der Waals surface area contributed by atoms with E-state index in [4.69, 9.17) is 10.5 Å². The van der Waals surface area contributed by atoms with Gasteiger partial charge in [-0.15, -0.1) is 0 Å². The number of nitrogens with one attached hydrogen (secondary N) is 1. The highest BCUT2D eigenvalue weighted by molar-refractivity contribution is 5.53. The lowest BCUT2D eigenvalue weighted by molar-refractivity contribution is 0.329. The lowest BCUT2D eigenvalue weighted by Crippen LogP contribution is -2.16. The van der Waals surface area contributed by atoms with Gasteiger partial charge in [0.2, 0.25) is 5.88 Å². The van der Waals surface area contributed by atoms with Crippen LogP contribution in [0.5, 0.6) is 5.88 Å². The van der Waals surface area contributed by atoms with E-state index in [2.05, 4.69) is 24.1 Å². The molecule has 0 aliphatic carbocycles. The maximum atomic E-state index is 5.77. The number of pyridine rings is 1. The molecule has 4 heteroatoms. The Morgan fingerprint density at radius 1 is 1.41 bits per heavy atom. The molecule has 17 heavy (non-hydrogen) atoms. The summed E-state index contributed by atoms with van der Waals surface area (Å²) in [5.41, 5.74) is 6.35. The Balaban J connectivity index is 2.61. The van der Waals surface area contributed by atoms with Gasteiger partial charge in [-0.2, -0.15) is 4.98 Å². The first-order chi connectivity index (χ1) is 8.17. The van der Waals surface area contributed by atoms with Gasteiger partial charge in [-0.1, -0.05) is 19.8 Å². The molecule has 1 atom stereocenters. The van der Waals surface area contributed by atoms with E-state index in [1.165, 1.54) is 12.8 Å². The molecule has 0 spiro atoms. The van der Waals surface area contributed by atoms with Crippen molar-refractivity contribution in [2.45, 2.75) is 46.1 Å². The van der Waals surface area contributed by atoms with Crippen molar-refractivity contribution in [2.75, 3.05) is 17.7 Å². The van der Waals surface area contributed by atoms with Crippen LogP contribution in [0.4, 0.5) is 11.5 Å². The summed E-state index contributed by atoms with van der Waals surface area (Å²) in [6.45, 7) is 6.85. The van der Waals surface area contributed by atoms with Crippen LogP contribution in [-0.4, -0.2) is 17.6 Å². The van der Waals surface area contributed by atoms with E-state index in [0.717, 1.165) is 12.2 Å². The second-order valence-corrected chi connectivity index (χ2v) is 4.21. The maximum Gasteiger partial charge on any atom is 0.239 e. The molecule has 1 aromatic rings. The fourth-order valence-electron chi connectivity index (χ4n) is 1.62. The molecule has 0 fully saturated rings. The number of rotatable bonds is 7. The van der Waals surface area contributed by atoms with Crippen molar-refractivity contribution < 1.29 is 4.74 Å². The fourth-order valence-corrected chi connectivity index (χ4v) is 1.62. The molecule has 96 valence electrons. The van der Waals surface area contributed by atoms with Crippen LogP contribution in [0.1, 0.15) is 40.0 Å². The van der Waals surface area contributed by atoms with E-state index in [1.54, 1.807) is 0 Å². The fraction of sp³-hybridized carbons (Fsp3) is 0.615. The van der Waals surface area contributed by atoms with Crippen LogP contribution in [0.15, 0.2) is 12.1 Å². The molecular formula is C13H23N3O. The summed E-state index contributed by atoms with van der Waals surface area (Å²) in [7, 11) is 0. The Morgan fingerprint density at radius 3 is 2.82 bits per heavy atom. The third-order valence-corrected chi connectivity index (χ3v) is 2.56. The predicted octanol–water partition coefficient (Wildman–Crippen LogP) is 3.05. The van der Waals surface area contributed by atoms with Gasteiger partial charge < -0.3 is 15.8 Å². The standard InChI is InChI=1S/C13H23N3O/c1-4-6-7-10(3)15-12-9-8-11(14)13(16-12)17-5-2/h8-10H,4-7,14H2,1-3H3,(H,15,16). The van der Waals surface area contributed by atoms with Gasteiger partial charge in [0.05, 0.1) is 12.3 Å². The first-order valence-corrected chi connectivity index (χ1v) is 6.33. The van der Waals surface area contributed by atoms with E-state index < -0.39 is 0 Å². The Kier molecular flexibility index (Phi) is 5.60. The van der Waals surface area contributed by atoms with Gasteiger partial charge in [0, 0.05) is 6.04 Å². The van der Waals surface area contributed by atoms with Crippen LogP contribution in [0, 0.1) is 0 Å². The molecule has 0 aliphatic rings. The number of hydrogen-bond donors (Lipinski definition) is 2. The number of anilines is 2. The summed E-state index contributed by atoms with van der Waals surface area (Å²) in [5, 5.41) is 3.36. The molecule has 0 saturated heterocycles. The van der Waals surface area contributed by atoms with Crippen molar-refractivity contribution in [3.63, 3.8) is 0 Å². The van der Waals surface area contributed by atoms with E-state index in [9.17, 15) is 0 Å². The molecule has 4 nitrogen and oxygen atoms in total. The second-order valence-electron chi connectivity index (χ2n) is 4.21. The highest BCUT2D eigenvalue weighted by Gasteiger charge is 2.06. The van der Waals surface area contributed by atoms with Gasteiger partial charge >= 0.3 is 0 Å². The zero-order valence-corrected chi connectivity index (χ0v) is 11.0. The van der Waals surface area contributed by atoms with Gasteiger partial charge in [-0.3, -0.25) is 0 Å². The summed E-state index contributed by atoms with van der Waals surface area (Å²) < 4.78 is 5.36. The summed E-state index contributed by atoms with van der Waals surface area (Å²) in [6.07, 6.45) is 3.58. The largest absolute Gasteiger partial charge is 0.476 e. The van der Waals surface area contributed by atoms with Crippen molar-refractivity contribution >= 4 is 11.5 Å². The lowest BCUT2D eigenvalue weighted by atomic mass is 10.1. The Labute approximate surface area is 104 Å². The maximum absolute atomic E-state index is 5.77. The van der Waals surface area contributed by atoms with Crippen molar-refractivity contribution in [3.8, 4) is 5.88 Å². The molecule has 1 heterocycles.